The van der Waals surface area contributed by atoms with E-state index in [1.165, 1.54) is 6.07 Å². The number of hydrogen-bond donors (Lipinski definition) is 2. The number of aryl methyl sites for hydroxylation is 1. The van der Waals surface area contributed by atoms with Crippen molar-refractivity contribution in [3.05, 3.63) is 60.0 Å². The Kier molecular flexibility index (Phi) is 2.99. The van der Waals surface area contributed by atoms with Gasteiger partial charge in [-0.15, -0.1) is 0 Å². The first kappa shape index (κ1) is 12.4. The number of benzene rings is 2. The van der Waals surface area contributed by atoms with Gasteiger partial charge in [0, 0.05) is 23.0 Å². The lowest BCUT2D eigenvalue weighted by Gasteiger charge is -2.12. The molecule has 0 unspecified atom stereocenters. The van der Waals surface area contributed by atoms with Crippen molar-refractivity contribution in [1.29, 1.82) is 0 Å². The summed E-state index contributed by atoms with van der Waals surface area (Å²) >= 11 is 0. The second-order valence-electron chi connectivity index (χ2n) is 4.72. The topological polar surface area (TPSA) is 50.9 Å². The number of nitrogens with two attached hydrogens (primary N) is 1. The van der Waals surface area contributed by atoms with Gasteiger partial charge in [0.05, 0.1) is 5.52 Å². The van der Waals surface area contributed by atoms with Gasteiger partial charge in [0.1, 0.15) is 5.69 Å². The third kappa shape index (κ3) is 2.16. The van der Waals surface area contributed by atoms with E-state index in [4.69, 9.17) is 5.73 Å². The number of hydrogen-bond acceptors (Lipinski definition) is 3. The number of nitrogens with zero attached hydrogens (tertiary/aromatic N) is 1. The summed E-state index contributed by atoms with van der Waals surface area (Å²) in [6, 6.07) is 12.7. The monoisotopic (exact) mass is 267 g/mol. The molecule has 0 bridgehead atoms. The largest absolute Gasteiger partial charge is 0.398 e. The Morgan fingerprint density at radius 1 is 1.15 bits per heavy atom. The van der Waals surface area contributed by atoms with Crippen molar-refractivity contribution in [1.82, 2.24) is 4.98 Å². The molecule has 0 aliphatic carbocycles. The summed E-state index contributed by atoms with van der Waals surface area (Å²) in [5, 5.41) is 3.83. The maximum Gasteiger partial charge on any atom is 0.150 e. The fourth-order valence-electron chi connectivity index (χ4n) is 2.22. The summed E-state index contributed by atoms with van der Waals surface area (Å²) in [4.78, 5) is 4.24. The van der Waals surface area contributed by atoms with Crippen LogP contribution < -0.4 is 11.1 Å². The van der Waals surface area contributed by atoms with Crippen LogP contribution in [0.5, 0.6) is 0 Å². The number of halogens is 1. The van der Waals surface area contributed by atoms with E-state index >= 15 is 0 Å². The lowest BCUT2D eigenvalue weighted by Crippen LogP contribution is -1.99. The first-order chi connectivity index (χ1) is 9.65. The molecule has 3 nitrogen and oxygen atoms in total. The molecule has 100 valence electrons. The van der Waals surface area contributed by atoms with E-state index in [0.29, 0.717) is 16.9 Å². The fraction of sp³-hybridized carbons (Fsp3) is 0.0625. The van der Waals surface area contributed by atoms with Crippen LogP contribution in [0.25, 0.3) is 10.9 Å². The maximum absolute atomic E-state index is 14.2. The van der Waals surface area contributed by atoms with Crippen LogP contribution in [0.2, 0.25) is 0 Å². The lowest BCUT2D eigenvalue weighted by molar-refractivity contribution is 0.634. The van der Waals surface area contributed by atoms with Crippen LogP contribution in [-0.2, 0) is 0 Å². The molecule has 0 radical (unpaired) electrons. The van der Waals surface area contributed by atoms with Crippen LogP contribution >= 0.6 is 0 Å². The molecule has 1 aromatic heterocycles. The van der Waals surface area contributed by atoms with Crippen molar-refractivity contribution in [2.24, 2.45) is 0 Å². The lowest BCUT2D eigenvalue weighted by atomic mass is 10.1. The first-order valence-electron chi connectivity index (χ1n) is 6.31. The molecule has 0 saturated heterocycles. The van der Waals surface area contributed by atoms with E-state index < -0.39 is 5.82 Å². The van der Waals surface area contributed by atoms with E-state index in [1.54, 1.807) is 12.3 Å². The second-order valence-corrected chi connectivity index (χ2v) is 4.72. The SMILES string of the molecule is Cc1cccc(Nc2c(F)cc(N)c3cccnc23)c1. The molecule has 0 atom stereocenters. The minimum absolute atomic E-state index is 0.348. The number of pyridine rings is 1. The van der Waals surface area contributed by atoms with Crippen LogP contribution in [0, 0.1) is 12.7 Å². The molecule has 0 fully saturated rings. The molecule has 0 saturated carbocycles. The van der Waals surface area contributed by atoms with Crippen molar-refractivity contribution in [3.63, 3.8) is 0 Å². The second kappa shape index (κ2) is 4.81. The Morgan fingerprint density at radius 3 is 2.80 bits per heavy atom. The normalized spacial score (nSPS) is 10.7. The molecule has 4 heteroatoms. The molecule has 3 aromatic rings. The standard InChI is InChI=1S/C16H14FN3/c1-10-4-2-5-11(8-10)20-16-13(17)9-14(18)12-6-3-7-19-15(12)16/h2-9,20H,18H2,1H3. The van der Waals surface area contributed by atoms with Crippen molar-refractivity contribution in [2.45, 2.75) is 6.92 Å². The number of rotatable bonds is 2. The van der Waals surface area contributed by atoms with Crippen molar-refractivity contribution < 1.29 is 4.39 Å². The molecule has 3 N–H and O–H groups in total. The first-order valence-corrected chi connectivity index (χ1v) is 6.31. The van der Waals surface area contributed by atoms with E-state index in [2.05, 4.69) is 10.3 Å². The van der Waals surface area contributed by atoms with Gasteiger partial charge >= 0.3 is 0 Å². The minimum atomic E-state index is -0.407. The van der Waals surface area contributed by atoms with Gasteiger partial charge in [0.25, 0.3) is 0 Å². The number of fused-ring (bicyclic) bond motifs is 1. The van der Waals surface area contributed by atoms with Crippen LogP contribution in [0.15, 0.2) is 48.7 Å². The van der Waals surface area contributed by atoms with Crippen LogP contribution in [0.3, 0.4) is 0 Å². The number of nitrogen functional groups attached to an aromatic ring is 1. The number of anilines is 3. The van der Waals surface area contributed by atoms with Gasteiger partial charge in [-0.3, -0.25) is 4.98 Å². The number of aromatic nitrogens is 1. The molecular formula is C16H14FN3. The molecule has 0 aliphatic rings. The predicted molar refractivity (Wildman–Crippen MR) is 80.6 cm³/mol. The average molecular weight is 267 g/mol. The molecule has 0 aliphatic heterocycles. The van der Waals surface area contributed by atoms with Crippen molar-refractivity contribution in [2.75, 3.05) is 11.1 Å². The molecule has 1 heterocycles. The van der Waals surface area contributed by atoms with Gasteiger partial charge in [-0.2, -0.15) is 0 Å². The summed E-state index contributed by atoms with van der Waals surface area (Å²) < 4.78 is 14.2. The summed E-state index contributed by atoms with van der Waals surface area (Å²) in [6.07, 6.45) is 1.63. The molecular weight excluding hydrogens is 253 g/mol. The third-order valence-electron chi connectivity index (χ3n) is 3.16. The molecule has 20 heavy (non-hydrogen) atoms. The minimum Gasteiger partial charge on any atom is -0.398 e. The highest BCUT2D eigenvalue weighted by Crippen LogP contribution is 2.31. The van der Waals surface area contributed by atoms with Gasteiger partial charge < -0.3 is 11.1 Å². The van der Waals surface area contributed by atoms with E-state index in [-0.39, 0.29) is 0 Å². The van der Waals surface area contributed by atoms with Crippen molar-refractivity contribution >= 4 is 28.0 Å². The predicted octanol–water partition coefficient (Wildman–Crippen LogP) is 4.01. The van der Waals surface area contributed by atoms with Gasteiger partial charge in [-0.25, -0.2) is 4.39 Å². The Morgan fingerprint density at radius 2 is 2.00 bits per heavy atom. The highest BCUT2D eigenvalue weighted by molar-refractivity contribution is 5.99. The zero-order chi connectivity index (χ0) is 14.1. The third-order valence-corrected chi connectivity index (χ3v) is 3.16. The molecule has 0 spiro atoms. The van der Waals surface area contributed by atoms with E-state index in [1.807, 2.05) is 37.3 Å². The fourth-order valence-corrected chi connectivity index (χ4v) is 2.22. The summed E-state index contributed by atoms with van der Waals surface area (Å²) in [5.74, 6) is -0.407. The average Bonchev–Trinajstić information content (AvgIpc) is 2.43. The van der Waals surface area contributed by atoms with E-state index in [9.17, 15) is 4.39 Å². The zero-order valence-electron chi connectivity index (χ0n) is 11.0. The quantitative estimate of drug-likeness (QED) is 0.690. The summed E-state index contributed by atoms with van der Waals surface area (Å²) in [5.41, 5.74) is 9.03. The highest BCUT2D eigenvalue weighted by Gasteiger charge is 2.12. The molecule has 2 aromatic carbocycles. The number of nitrogens with one attached hydrogen (secondary N) is 1. The Labute approximate surface area is 116 Å². The Hall–Kier alpha value is -2.62. The zero-order valence-corrected chi connectivity index (χ0v) is 11.0. The van der Waals surface area contributed by atoms with Gasteiger partial charge in [-0.05, 0) is 42.8 Å². The summed E-state index contributed by atoms with van der Waals surface area (Å²) in [6.45, 7) is 1.99. The molecule has 0 amide bonds. The van der Waals surface area contributed by atoms with E-state index in [0.717, 1.165) is 16.6 Å². The highest BCUT2D eigenvalue weighted by atomic mass is 19.1. The maximum atomic E-state index is 14.2. The molecule has 3 rings (SSSR count). The van der Waals surface area contributed by atoms with Gasteiger partial charge in [-0.1, -0.05) is 12.1 Å². The van der Waals surface area contributed by atoms with Crippen LogP contribution in [0.4, 0.5) is 21.5 Å². The van der Waals surface area contributed by atoms with Crippen molar-refractivity contribution in [3.8, 4) is 0 Å². The summed E-state index contributed by atoms with van der Waals surface area (Å²) in [7, 11) is 0. The Bertz CT molecular complexity index is 784. The van der Waals surface area contributed by atoms with Crippen LogP contribution in [0.1, 0.15) is 5.56 Å². The Balaban J connectivity index is 2.16. The van der Waals surface area contributed by atoms with Crippen LogP contribution in [-0.4, -0.2) is 4.98 Å². The van der Waals surface area contributed by atoms with Gasteiger partial charge in [0.2, 0.25) is 0 Å². The van der Waals surface area contributed by atoms with Gasteiger partial charge in [0.15, 0.2) is 5.82 Å². The smallest absolute Gasteiger partial charge is 0.150 e.